The van der Waals surface area contributed by atoms with Gasteiger partial charge in [-0.05, 0) is 51.5 Å². The number of nitrogens with one attached hydrogen (secondary N) is 2. The molecule has 4 heteroatoms. The lowest BCUT2D eigenvalue weighted by molar-refractivity contribution is -0.122. The molecule has 2 bridgehead atoms. The van der Waals surface area contributed by atoms with Gasteiger partial charge in [0.05, 0.1) is 6.17 Å². The van der Waals surface area contributed by atoms with Crippen molar-refractivity contribution in [1.82, 2.24) is 15.5 Å². The molecule has 3 fully saturated rings. The van der Waals surface area contributed by atoms with E-state index < -0.39 is 0 Å². The van der Waals surface area contributed by atoms with Gasteiger partial charge < -0.3 is 5.32 Å². The first-order valence-corrected chi connectivity index (χ1v) is 9.03. The minimum Gasteiger partial charge on any atom is -0.352 e. The number of carbonyl (C=O) groups is 1. The minimum atomic E-state index is 0.242. The van der Waals surface area contributed by atoms with Crippen LogP contribution in [-0.4, -0.2) is 42.1 Å². The predicted molar refractivity (Wildman–Crippen MR) is 84.9 cm³/mol. The Labute approximate surface area is 129 Å². The minimum absolute atomic E-state index is 0.242. The van der Waals surface area contributed by atoms with Crippen LogP contribution >= 0.6 is 0 Å². The second-order valence-corrected chi connectivity index (χ2v) is 7.25. The lowest BCUT2D eigenvalue weighted by atomic mass is 9.89. The van der Waals surface area contributed by atoms with Crippen molar-refractivity contribution in [2.75, 3.05) is 13.1 Å². The fourth-order valence-corrected chi connectivity index (χ4v) is 4.37. The average molecular weight is 293 g/mol. The molecule has 0 aromatic heterocycles. The normalized spacial score (nSPS) is 39.6. The molecule has 0 aliphatic carbocycles. The maximum absolute atomic E-state index is 12.0. The molecule has 0 saturated carbocycles. The summed E-state index contributed by atoms with van der Waals surface area (Å²) in [5, 5.41) is 7.07. The highest BCUT2D eigenvalue weighted by molar-refractivity contribution is 5.76. The summed E-state index contributed by atoms with van der Waals surface area (Å²) in [6, 6.07) is 0.697. The number of nitrogens with zero attached hydrogens (tertiary/aromatic N) is 1. The smallest absolute Gasteiger partial charge is 0.220 e. The van der Waals surface area contributed by atoms with E-state index >= 15 is 0 Å². The molecular weight excluding hydrogens is 262 g/mol. The number of hydrogen-bond acceptors (Lipinski definition) is 3. The van der Waals surface area contributed by atoms with E-state index in [-0.39, 0.29) is 11.9 Å². The molecule has 3 aliphatic heterocycles. The zero-order valence-corrected chi connectivity index (χ0v) is 13.4. The SMILES string of the molecule is C[C@H]1NC(=O)CCCCCCCN2CCC3CCC1NC32. The van der Waals surface area contributed by atoms with Crippen LogP contribution in [0, 0.1) is 5.92 Å². The number of carbonyl (C=O) groups excluding carboxylic acids is 1. The van der Waals surface area contributed by atoms with Crippen molar-refractivity contribution in [3.8, 4) is 0 Å². The van der Waals surface area contributed by atoms with Gasteiger partial charge in [0.1, 0.15) is 0 Å². The van der Waals surface area contributed by atoms with Crippen LogP contribution < -0.4 is 10.6 Å². The molecule has 3 unspecified atom stereocenters. The third kappa shape index (κ3) is 3.78. The fraction of sp³-hybridized carbons (Fsp3) is 0.941. The molecular formula is C17H31N3O. The lowest BCUT2D eigenvalue weighted by Gasteiger charge is -2.40. The molecule has 4 nitrogen and oxygen atoms in total. The number of fused-ring (bicyclic) bond motifs is 1. The summed E-state index contributed by atoms with van der Waals surface area (Å²) in [5.41, 5.74) is 0. The number of rotatable bonds is 0. The summed E-state index contributed by atoms with van der Waals surface area (Å²) in [5.74, 6) is 1.07. The molecule has 1 amide bonds. The van der Waals surface area contributed by atoms with E-state index in [2.05, 4.69) is 22.5 Å². The van der Waals surface area contributed by atoms with Gasteiger partial charge in [-0.3, -0.25) is 15.0 Å². The van der Waals surface area contributed by atoms with E-state index in [1.807, 2.05) is 0 Å². The van der Waals surface area contributed by atoms with Crippen LogP contribution in [0.4, 0.5) is 0 Å². The average Bonchev–Trinajstić information content (AvgIpc) is 2.88. The summed E-state index contributed by atoms with van der Waals surface area (Å²) in [6.07, 6.45) is 11.3. The van der Waals surface area contributed by atoms with Crippen molar-refractivity contribution >= 4 is 5.91 Å². The van der Waals surface area contributed by atoms with E-state index in [1.54, 1.807) is 0 Å². The van der Waals surface area contributed by atoms with Crippen molar-refractivity contribution in [2.24, 2.45) is 5.92 Å². The Bertz CT molecular complexity index is 360. The molecule has 3 rings (SSSR count). The van der Waals surface area contributed by atoms with Gasteiger partial charge in [-0.25, -0.2) is 0 Å². The van der Waals surface area contributed by atoms with Crippen LogP contribution in [0.5, 0.6) is 0 Å². The van der Waals surface area contributed by atoms with E-state index in [4.69, 9.17) is 0 Å². The molecule has 0 spiro atoms. The summed E-state index contributed by atoms with van der Waals surface area (Å²) < 4.78 is 0. The first-order valence-electron chi connectivity index (χ1n) is 9.03. The van der Waals surface area contributed by atoms with E-state index in [1.165, 1.54) is 58.0 Å². The van der Waals surface area contributed by atoms with Crippen molar-refractivity contribution in [2.45, 2.75) is 83.0 Å². The van der Waals surface area contributed by atoms with E-state index in [0.717, 1.165) is 12.3 Å². The molecule has 0 radical (unpaired) electrons. The third-order valence-electron chi connectivity index (χ3n) is 5.70. The topological polar surface area (TPSA) is 44.4 Å². The van der Waals surface area contributed by atoms with Gasteiger partial charge in [-0.15, -0.1) is 0 Å². The van der Waals surface area contributed by atoms with E-state index in [9.17, 15) is 4.79 Å². The maximum atomic E-state index is 12.0. The van der Waals surface area contributed by atoms with Gasteiger partial charge in [0.15, 0.2) is 0 Å². The highest BCUT2D eigenvalue weighted by atomic mass is 16.1. The van der Waals surface area contributed by atoms with Crippen LogP contribution in [0.2, 0.25) is 0 Å². The molecule has 2 N–H and O–H groups in total. The van der Waals surface area contributed by atoms with Crippen molar-refractivity contribution in [1.29, 1.82) is 0 Å². The van der Waals surface area contributed by atoms with Gasteiger partial charge in [0.25, 0.3) is 0 Å². The second kappa shape index (κ2) is 7.10. The van der Waals surface area contributed by atoms with Crippen molar-refractivity contribution in [3.05, 3.63) is 0 Å². The maximum Gasteiger partial charge on any atom is 0.220 e. The zero-order valence-electron chi connectivity index (χ0n) is 13.4. The quantitative estimate of drug-likeness (QED) is 0.720. The first kappa shape index (κ1) is 15.3. The molecule has 0 aromatic rings. The molecule has 3 saturated heterocycles. The van der Waals surface area contributed by atoms with Gasteiger partial charge in [-0.2, -0.15) is 0 Å². The first-order chi connectivity index (χ1) is 10.2. The number of hydrogen-bond donors (Lipinski definition) is 2. The summed E-state index contributed by atoms with van der Waals surface area (Å²) >= 11 is 0. The van der Waals surface area contributed by atoms with Crippen LogP contribution in [0.1, 0.15) is 64.7 Å². The fourth-order valence-electron chi connectivity index (χ4n) is 4.37. The Hall–Kier alpha value is -0.610. The van der Waals surface area contributed by atoms with Gasteiger partial charge in [0, 0.05) is 25.0 Å². The Balaban J connectivity index is 1.65. The van der Waals surface area contributed by atoms with Crippen molar-refractivity contribution in [3.63, 3.8) is 0 Å². The van der Waals surface area contributed by atoms with E-state index in [0.29, 0.717) is 18.6 Å². The van der Waals surface area contributed by atoms with Gasteiger partial charge in [-0.1, -0.05) is 19.3 Å². The third-order valence-corrected chi connectivity index (χ3v) is 5.70. The van der Waals surface area contributed by atoms with Gasteiger partial charge in [0.2, 0.25) is 5.91 Å². The molecule has 4 atom stereocenters. The summed E-state index contributed by atoms with van der Waals surface area (Å²) in [7, 11) is 0. The Morgan fingerprint density at radius 1 is 1.00 bits per heavy atom. The monoisotopic (exact) mass is 293 g/mol. The van der Waals surface area contributed by atoms with Crippen molar-refractivity contribution < 1.29 is 4.79 Å². The molecule has 0 aromatic carbocycles. The summed E-state index contributed by atoms with van der Waals surface area (Å²) in [6.45, 7) is 4.68. The Morgan fingerprint density at radius 2 is 1.81 bits per heavy atom. The molecule has 120 valence electrons. The zero-order chi connectivity index (χ0) is 14.7. The number of piperidine rings is 1. The van der Waals surface area contributed by atoms with Crippen LogP contribution in [-0.2, 0) is 4.79 Å². The molecule has 3 heterocycles. The highest BCUT2D eigenvalue weighted by Gasteiger charge is 2.39. The highest BCUT2D eigenvalue weighted by Crippen LogP contribution is 2.32. The van der Waals surface area contributed by atoms with Gasteiger partial charge >= 0.3 is 0 Å². The largest absolute Gasteiger partial charge is 0.352 e. The lowest BCUT2D eigenvalue weighted by Crippen LogP contribution is -2.58. The molecule has 21 heavy (non-hydrogen) atoms. The Morgan fingerprint density at radius 3 is 2.71 bits per heavy atom. The Kier molecular flexibility index (Phi) is 5.17. The predicted octanol–water partition coefficient (Wildman–Crippen LogP) is 2.25. The van der Waals surface area contributed by atoms with Crippen LogP contribution in [0.15, 0.2) is 0 Å². The second-order valence-electron chi connectivity index (χ2n) is 7.25. The van der Waals surface area contributed by atoms with Crippen LogP contribution in [0.3, 0.4) is 0 Å². The van der Waals surface area contributed by atoms with Crippen LogP contribution in [0.25, 0.3) is 0 Å². The number of amides is 1. The summed E-state index contributed by atoms with van der Waals surface area (Å²) in [4.78, 5) is 14.7. The molecule has 3 aliphatic rings. The standard InChI is InChI=1S/C17H31N3O/c1-13-15-9-8-14-10-12-20(17(14)19-15)11-6-4-2-3-5-7-16(21)18-13/h13-15,17,19H,2-12H2,1H3,(H,18,21)/t13-,14?,15?,17?/m1/s1.